The highest BCUT2D eigenvalue weighted by atomic mass is 35.5. The Kier molecular flexibility index (Phi) is 4.02. The molecule has 2 aromatic carbocycles. The Hall–Kier alpha value is -2.07. The fraction of sp³-hybridized carbons (Fsp3) is 0.0714. The second-order valence-electron chi connectivity index (χ2n) is 3.66. The van der Waals surface area contributed by atoms with Crippen LogP contribution < -0.4 is 4.74 Å². The van der Waals surface area contributed by atoms with E-state index in [-0.39, 0.29) is 17.1 Å². The summed E-state index contributed by atoms with van der Waals surface area (Å²) in [5.41, 5.74) is 0.176. The van der Waals surface area contributed by atoms with Gasteiger partial charge >= 0.3 is 5.97 Å². The Morgan fingerprint density at radius 1 is 1.16 bits per heavy atom. The first-order chi connectivity index (χ1) is 9.11. The predicted octanol–water partition coefficient (Wildman–Crippen LogP) is 4.06. The molecule has 0 aliphatic carbocycles. The van der Waals surface area contributed by atoms with Crippen LogP contribution in [0.25, 0.3) is 0 Å². The number of hydrogen-bond acceptors (Lipinski definition) is 3. The maximum absolute atomic E-state index is 13.5. The molecule has 0 spiro atoms. The first-order valence-corrected chi connectivity index (χ1v) is 5.80. The Morgan fingerprint density at radius 3 is 2.58 bits per heavy atom. The number of methoxy groups -OCH3 is 1. The van der Waals surface area contributed by atoms with Crippen molar-refractivity contribution in [2.45, 2.75) is 0 Å². The van der Waals surface area contributed by atoms with E-state index in [1.54, 1.807) is 12.1 Å². The Balaban J connectivity index is 2.41. The molecular weight excluding hydrogens is 271 g/mol. The van der Waals surface area contributed by atoms with Crippen LogP contribution in [0.4, 0.5) is 4.39 Å². The molecule has 0 bridgehead atoms. The summed E-state index contributed by atoms with van der Waals surface area (Å²) >= 11 is 5.84. The Morgan fingerprint density at radius 2 is 1.89 bits per heavy atom. The highest BCUT2D eigenvalue weighted by Gasteiger charge is 2.15. The minimum absolute atomic E-state index is 0.00918. The number of benzene rings is 2. The van der Waals surface area contributed by atoms with E-state index in [1.165, 1.54) is 37.4 Å². The summed E-state index contributed by atoms with van der Waals surface area (Å²) in [6, 6.07) is 10.3. The average molecular weight is 281 g/mol. The van der Waals surface area contributed by atoms with E-state index in [4.69, 9.17) is 16.3 Å². The number of hydrogen-bond donors (Lipinski definition) is 0. The van der Waals surface area contributed by atoms with Crippen LogP contribution in [0.1, 0.15) is 10.4 Å². The van der Waals surface area contributed by atoms with Crippen LogP contribution >= 0.6 is 11.6 Å². The van der Waals surface area contributed by atoms with Crippen LogP contribution in [0, 0.1) is 5.82 Å². The fourth-order valence-electron chi connectivity index (χ4n) is 1.51. The van der Waals surface area contributed by atoms with Crippen molar-refractivity contribution < 1.29 is 18.7 Å². The molecule has 0 atom stereocenters. The minimum Gasteiger partial charge on any atom is -0.465 e. The normalized spacial score (nSPS) is 10.1. The summed E-state index contributed by atoms with van der Waals surface area (Å²) in [7, 11) is 1.25. The monoisotopic (exact) mass is 280 g/mol. The highest BCUT2D eigenvalue weighted by molar-refractivity contribution is 6.30. The van der Waals surface area contributed by atoms with Crippen molar-refractivity contribution in [3.63, 3.8) is 0 Å². The van der Waals surface area contributed by atoms with E-state index in [9.17, 15) is 9.18 Å². The number of ether oxygens (including phenoxy) is 2. The molecule has 0 saturated carbocycles. The molecule has 98 valence electrons. The summed E-state index contributed by atoms with van der Waals surface area (Å²) < 4.78 is 23.5. The number of rotatable bonds is 3. The van der Waals surface area contributed by atoms with Gasteiger partial charge in [0.1, 0.15) is 11.3 Å². The summed E-state index contributed by atoms with van der Waals surface area (Å²) in [6.07, 6.45) is 0. The highest BCUT2D eigenvalue weighted by Crippen LogP contribution is 2.30. The van der Waals surface area contributed by atoms with Crippen LogP contribution in [0.2, 0.25) is 5.02 Å². The van der Waals surface area contributed by atoms with Gasteiger partial charge in [0.2, 0.25) is 0 Å². The van der Waals surface area contributed by atoms with Crippen molar-refractivity contribution in [3.05, 3.63) is 58.9 Å². The molecule has 0 aromatic heterocycles. The van der Waals surface area contributed by atoms with Crippen molar-refractivity contribution >= 4 is 17.6 Å². The van der Waals surface area contributed by atoms with Gasteiger partial charge < -0.3 is 9.47 Å². The lowest BCUT2D eigenvalue weighted by Gasteiger charge is -2.10. The van der Waals surface area contributed by atoms with Crippen LogP contribution in [0.3, 0.4) is 0 Å². The van der Waals surface area contributed by atoms with E-state index < -0.39 is 11.8 Å². The van der Waals surface area contributed by atoms with Gasteiger partial charge in [-0.25, -0.2) is 9.18 Å². The van der Waals surface area contributed by atoms with Crippen molar-refractivity contribution in [2.75, 3.05) is 7.11 Å². The van der Waals surface area contributed by atoms with Crippen LogP contribution in [0.5, 0.6) is 11.5 Å². The summed E-state index contributed by atoms with van der Waals surface area (Å²) in [6.45, 7) is 0. The third-order valence-electron chi connectivity index (χ3n) is 2.41. The van der Waals surface area contributed by atoms with Gasteiger partial charge in [-0.15, -0.1) is 0 Å². The maximum Gasteiger partial charge on any atom is 0.341 e. The third-order valence-corrected chi connectivity index (χ3v) is 2.64. The molecular formula is C14H10ClFO3. The lowest BCUT2D eigenvalue weighted by Crippen LogP contribution is -2.04. The smallest absolute Gasteiger partial charge is 0.341 e. The quantitative estimate of drug-likeness (QED) is 0.796. The molecule has 0 heterocycles. The first-order valence-electron chi connectivity index (χ1n) is 5.42. The lowest BCUT2D eigenvalue weighted by molar-refractivity contribution is 0.0598. The number of carbonyl (C=O) groups is 1. The topological polar surface area (TPSA) is 35.5 Å². The van der Waals surface area contributed by atoms with E-state index in [1.807, 2.05) is 0 Å². The van der Waals surface area contributed by atoms with Crippen LogP contribution in [0.15, 0.2) is 42.5 Å². The molecule has 5 heteroatoms. The van der Waals surface area contributed by atoms with E-state index in [0.29, 0.717) is 5.02 Å². The third kappa shape index (κ3) is 3.03. The van der Waals surface area contributed by atoms with Gasteiger partial charge in [-0.05, 0) is 24.3 Å². The zero-order chi connectivity index (χ0) is 13.8. The van der Waals surface area contributed by atoms with Crippen LogP contribution in [-0.2, 0) is 4.74 Å². The van der Waals surface area contributed by atoms with E-state index >= 15 is 0 Å². The minimum atomic E-state index is -0.581. The largest absolute Gasteiger partial charge is 0.465 e. The molecule has 2 aromatic rings. The van der Waals surface area contributed by atoms with Gasteiger partial charge in [0.15, 0.2) is 11.6 Å². The molecule has 0 radical (unpaired) electrons. The lowest BCUT2D eigenvalue weighted by atomic mass is 10.2. The van der Waals surface area contributed by atoms with Crippen molar-refractivity contribution in [1.29, 1.82) is 0 Å². The van der Waals surface area contributed by atoms with Gasteiger partial charge in [0, 0.05) is 11.1 Å². The molecule has 3 nitrogen and oxygen atoms in total. The molecule has 19 heavy (non-hydrogen) atoms. The molecule has 0 aliphatic rings. The zero-order valence-corrected chi connectivity index (χ0v) is 10.8. The maximum atomic E-state index is 13.5. The zero-order valence-electron chi connectivity index (χ0n) is 10.0. The Bertz CT molecular complexity index is 613. The van der Waals surface area contributed by atoms with E-state index in [2.05, 4.69) is 4.74 Å². The first kappa shape index (κ1) is 13.4. The molecule has 2 rings (SSSR count). The van der Waals surface area contributed by atoms with Gasteiger partial charge in [-0.2, -0.15) is 0 Å². The predicted molar refractivity (Wildman–Crippen MR) is 69.3 cm³/mol. The molecule has 0 aliphatic heterocycles. The molecule has 0 unspecified atom stereocenters. The van der Waals surface area contributed by atoms with Crippen molar-refractivity contribution in [1.82, 2.24) is 0 Å². The van der Waals surface area contributed by atoms with Gasteiger partial charge in [-0.1, -0.05) is 23.7 Å². The van der Waals surface area contributed by atoms with Gasteiger partial charge in [-0.3, -0.25) is 0 Å². The SMILES string of the molecule is COC(=O)c1ccc(Cl)cc1Oc1ccccc1F. The molecule has 0 fully saturated rings. The standard InChI is InChI=1S/C14H10ClFO3/c1-18-14(17)10-7-6-9(15)8-13(10)19-12-5-3-2-4-11(12)16/h2-8H,1H3. The molecule has 0 amide bonds. The van der Waals surface area contributed by atoms with Crippen LogP contribution in [-0.4, -0.2) is 13.1 Å². The second kappa shape index (κ2) is 5.71. The summed E-state index contributed by atoms with van der Waals surface area (Å²) in [5.74, 6) is -0.958. The molecule has 0 N–H and O–H groups in total. The number of para-hydroxylation sites is 1. The number of esters is 1. The van der Waals surface area contributed by atoms with Gasteiger partial charge in [0.25, 0.3) is 0 Å². The summed E-state index contributed by atoms with van der Waals surface area (Å²) in [4.78, 5) is 11.6. The fourth-order valence-corrected chi connectivity index (χ4v) is 1.67. The number of carbonyl (C=O) groups excluding carboxylic acids is 1. The van der Waals surface area contributed by atoms with E-state index in [0.717, 1.165) is 0 Å². The average Bonchev–Trinajstić information content (AvgIpc) is 2.41. The molecule has 0 saturated heterocycles. The van der Waals surface area contributed by atoms with Crippen molar-refractivity contribution in [2.24, 2.45) is 0 Å². The van der Waals surface area contributed by atoms with Crippen molar-refractivity contribution in [3.8, 4) is 11.5 Å². The summed E-state index contributed by atoms with van der Waals surface area (Å²) in [5, 5.41) is 0.374. The second-order valence-corrected chi connectivity index (χ2v) is 4.10. The van der Waals surface area contributed by atoms with Gasteiger partial charge in [0.05, 0.1) is 7.11 Å². The Labute approximate surface area is 114 Å². The number of halogens is 2.